The Bertz CT molecular complexity index is 303. The van der Waals surface area contributed by atoms with E-state index in [0.717, 1.165) is 19.4 Å². The molecular weight excluding hydrogens is 194 g/mol. The van der Waals surface area contributed by atoms with Crippen LogP contribution >= 0.6 is 0 Å². The van der Waals surface area contributed by atoms with Crippen molar-refractivity contribution in [3.63, 3.8) is 0 Å². The van der Waals surface area contributed by atoms with Gasteiger partial charge in [-0.2, -0.15) is 0 Å². The molecular formula is C10H17N3O2. The largest absolute Gasteiger partial charge is 0.322 e. The topological polar surface area (TPSA) is 61.4 Å². The number of carbonyl (C=O) groups is 2. The van der Waals surface area contributed by atoms with Gasteiger partial charge in [0.15, 0.2) is 0 Å². The number of rotatable bonds is 1. The minimum atomic E-state index is -0.667. The van der Waals surface area contributed by atoms with Gasteiger partial charge in [0, 0.05) is 12.6 Å². The molecule has 0 bridgehead atoms. The first-order valence-electron chi connectivity index (χ1n) is 5.41. The van der Waals surface area contributed by atoms with Crippen LogP contribution in [0.3, 0.4) is 0 Å². The van der Waals surface area contributed by atoms with Crippen LogP contribution in [0.4, 0.5) is 4.79 Å². The minimum Gasteiger partial charge on any atom is -0.322 e. The number of hydrogen-bond donors (Lipinski definition) is 2. The average Bonchev–Trinajstić information content (AvgIpc) is 2.41. The normalized spacial score (nSPS) is 32.2. The Kier molecular flexibility index (Phi) is 2.42. The van der Waals surface area contributed by atoms with Crippen LogP contribution in [0.15, 0.2) is 0 Å². The van der Waals surface area contributed by atoms with E-state index in [-0.39, 0.29) is 11.9 Å². The lowest BCUT2D eigenvalue weighted by molar-refractivity contribution is -0.126. The molecule has 1 spiro atoms. The third-order valence-corrected chi connectivity index (χ3v) is 3.27. The lowest BCUT2D eigenvalue weighted by Crippen LogP contribution is -2.59. The van der Waals surface area contributed by atoms with Crippen molar-refractivity contribution in [2.24, 2.45) is 0 Å². The molecule has 2 aliphatic rings. The van der Waals surface area contributed by atoms with Crippen molar-refractivity contribution in [1.29, 1.82) is 0 Å². The number of urea groups is 1. The van der Waals surface area contributed by atoms with E-state index in [1.807, 2.05) is 0 Å². The number of imide groups is 1. The number of hydrogen-bond acceptors (Lipinski definition) is 3. The fraction of sp³-hybridized carbons (Fsp3) is 0.800. The molecule has 0 aliphatic carbocycles. The number of amides is 3. The number of nitrogens with zero attached hydrogens (tertiary/aromatic N) is 1. The number of piperidine rings is 1. The Morgan fingerprint density at radius 1 is 1.40 bits per heavy atom. The Balaban J connectivity index is 2.15. The number of nitrogens with one attached hydrogen (secondary N) is 2. The van der Waals surface area contributed by atoms with E-state index in [4.69, 9.17) is 0 Å². The summed E-state index contributed by atoms with van der Waals surface area (Å²) in [6, 6.07) is 0.0538. The van der Waals surface area contributed by atoms with E-state index in [1.54, 1.807) is 0 Å². The van der Waals surface area contributed by atoms with Crippen LogP contribution in [0.1, 0.15) is 26.7 Å². The zero-order chi connectivity index (χ0) is 11.1. The van der Waals surface area contributed by atoms with E-state index >= 15 is 0 Å². The van der Waals surface area contributed by atoms with E-state index in [9.17, 15) is 9.59 Å². The SMILES string of the molecule is CC(C)N1CCCC2(C1)NC(=O)NC2=O. The Morgan fingerprint density at radius 3 is 2.67 bits per heavy atom. The summed E-state index contributed by atoms with van der Waals surface area (Å²) < 4.78 is 0. The summed E-state index contributed by atoms with van der Waals surface area (Å²) in [5.41, 5.74) is -0.667. The van der Waals surface area contributed by atoms with Gasteiger partial charge < -0.3 is 5.32 Å². The van der Waals surface area contributed by atoms with Gasteiger partial charge in [0.25, 0.3) is 5.91 Å². The Morgan fingerprint density at radius 2 is 2.13 bits per heavy atom. The van der Waals surface area contributed by atoms with Gasteiger partial charge in [-0.1, -0.05) is 0 Å². The molecule has 2 rings (SSSR count). The molecule has 2 heterocycles. The van der Waals surface area contributed by atoms with Gasteiger partial charge in [0.05, 0.1) is 0 Å². The highest BCUT2D eigenvalue weighted by molar-refractivity contribution is 6.07. The van der Waals surface area contributed by atoms with Crippen LogP contribution in [0.2, 0.25) is 0 Å². The first-order valence-corrected chi connectivity index (χ1v) is 5.41. The van der Waals surface area contributed by atoms with Gasteiger partial charge in [-0.25, -0.2) is 4.79 Å². The summed E-state index contributed by atoms with van der Waals surface area (Å²) in [6.45, 7) is 5.84. The van der Waals surface area contributed by atoms with E-state index in [0.29, 0.717) is 12.6 Å². The van der Waals surface area contributed by atoms with Crippen LogP contribution in [-0.2, 0) is 4.79 Å². The maximum atomic E-state index is 11.7. The Hall–Kier alpha value is -1.10. The molecule has 2 fully saturated rings. The molecule has 0 radical (unpaired) electrons. The predicted octanol–water partition coefficient (Wildman–Crippen LogP) is 0.0688. The lowest BCUT2D eigenvalue weighted by atomic mass is 9.88. The van der Waals surface area contributed by atoms with Crippen LogP contribution in [-0.4, -0.2) is 41.5 Å². The second-order valence-electron chi connectivity index (χ2n) is 4.66. The first kappa shape index (κ1) is 10.4. The lowest BCUT2D eigenvalue weighted by Gasteiger charge is -2.40. The molecule has 3 amide bonds. The quantitative estimate of drug-likeness (QED) is 0.603. The maximum Gasteiger partial charge on any atom is 0.322 e. The van der Waals surface area contributed by atoms with Crippen molar-refractivity contribution in [2.75, 3.05) is 13.1 Å². The minimum absolute atomic E-state index is 0.169. The van der Waals surface area contributed by atoms with Crippen LogP contribution in [0.25, 0.3) is 0 Å². The summed E-state index contributed by atoms with van der Waals surface area (Å²) in [6.07, 6.45) is 1.69. The molecule has 0 aromatic heterocycles. The standard InChI is InChI=1S/C10H17N3O2/c1-7(2)13-5-3-4-10(6-13)8(14)11-9(15)12-10/h7H,3-6H2,1-2H3,(H2,11,12,14,15). The molecule has 1 atom stereocenters. The molecule has 2 saturated heterocycles. The van der Waals surface area contributed by atoms with Gasteiger partial charge in [0.1, 0.15) is 5.54 Å². The molecule has 0 saturated carbocycles. The molecule has 84 valence electrons. The average molecular weight is 211 g/mol. The smallest absolute Gasteiger partial charge is 0.322 e. The highest BCUT2D eigenvalue weighted by Crippen LogP contribution is 2.25. The van der Waals surface area contributed by atoms with Crippen molar-refractivity contribution in [3.8, 4) is 0 Å². The maximum absolute atomic E-state index is 11.7. The summed E-state index contributed by atoms with van der Waals surface area (Å²) >= 11 is 0. The first-order chi connectivity index (χ1) is 7.03. The van der Waals surface area contributed by atoms with Crippen molar-refractivity contribution in [1.82, 2.24) is 15.5 Å². The summed E-state index contributed by atoms with van der Waals surface area (Å²) in [7, 11) is 0. The molecule has 15 heavy (non-hydrogen) atoms. The van der Waals surface area contributed by atoms with Crippen LogP contribution < -0.4 is 10.6 Å². The number of likely N-dealkylation sites (tertiary alicyclic amines) is 1. The predicted molar refractivity (Wildman–Crippen MR) is 55.3 cm³/mol. The van der Waals surface area contributed by atoms with Gasteiger partial charge >= 0.3 is 6.03 Å². The van der Waals surface area contributed by atoms with Gasteiger partial charge in [-0.05, 0) is 33.2 Å². The Labute approximate surface area is 89.2 Å². The highest BCUT2D eigenvalue weighted by atomic mass is 16.2. The van der Waals surface area contributed by atoms with E-state index in [1.165, 1.54) is 0 Å². The fourth-order valence-corrected chi connectivity index (χ4v) is 2.34. The third-order valence-electron chi connectivity index (χ3n) is 3.27. The van der Waals surface area contributed by atoms with Crippen molar-refractivity contribution in [3.05, 3.63) is 0 Å². The summed E-state index contributed by atoms with van der Waals surface area (Å²) in [5.74, 6) is -0.169. The second kappa shape index (κ2) is 3.48. The molecule has 1 unspecified atom stereocenters. The zero-order valence-corrected chi connectivity index (χ0v) is 9.17. The summed E-state index contributed by atoms with van der Waals surface area (Å²) in [5, 5.41) is 5.08. The van der Waals surface area contributed by atoms with Crippen LogP contribution in [0, 0.1) is 0 Å². The van der Waals surface area contributed by atoms with Crippen molar-refractivity contribution in [2.45, 2.75) is 38.3 Å². The molecule has 0 aromatic rings. The molecule has 2 N–H and O–H groups in total. The van der Waals surface area contributed by atoms with Crippen molar-refractivity contribution >= 4 is 11.9 Å². The monoisotopic (exact) mass is 211 g/mol. The molecule has 2 aliphatic heterocycles. The highest BCUT2D eigenvalue weighted by Gasteiger charge is 2.48. The van der Waals surface area contributed by atoms with Crippen LogP contribution in [0.5, 0.6) is 0 Å². The molecule has 5 nitrogen and oxygen atoms in total. The third kappa shape index (κ3) is 1.71. The fourth-order valence-electron chi connectivity index (χ4n) is 2.34. The van der Waals surface area contributed by atoms with Gasteiger partial charge in [-0.15, -0.1) is 0 Å². The summed E-state index contributed by atoms with van der Waals surface area (Å²) in [4.78, 5) is 25.1. The van der Waals surface area contributed by atoms with Gasteiger partial charge in [-0.3, -0.25) is 15.0 Å². The second-order valence-corrected chi connectivity index (χ2v) is 4.66. The van der Waals surface area contributed by atoms with Crippen molar-refractivity contribution < 1.29 is 9.59 Å². The zero-order valence-electron chi connectivity index (χ0n) is 9.17. The molecule has 0 aromatic carbocycles. The van der Waals surface area contributed by atoms with E-state index in [2.05, 4.69) is 29.4 Å². The van der Waals surface area contributed by atoms with Gasteiger partial charge in [0.2, 0.25) is 0 Å². The molecule has 5 heteroatoms. The number of carbonyl (C=O) groups excluding carboxylic acids is 2. The van der Waals surface area contributed by atoms with E-state index < -0.39 is 5.54 Å².